The molecule has 20 nitrogen and oxygen atoms in total. The van der Waals surface area contributed by atoms with Gasteiger partial charge in [-0.2, -0.15) is 0 Å². The van der Waals surface area contributed by atoms with Crippen LogP contribution < -0.4 is 43.0 Å². The zero-order valence-corrected chi connectivity index (χ0v) is 44.5. The molecule has 0 aromatic rings. The molecule has 4 unspecified atom stereocenters. The van der Waals surface area contributed by atoms with Crippen molar-refractivity contribution < 1.29 is 57.8 Å². The zero-order valence-electron chi connectivity index (χ0n) is 44.5. The second kappa shape index (κ2) is 33.4. The lowest BCUT2D eigenvalue weighted by Gasteiger charge is -2.30. The van der Waals surface area contributed by atoms with E-state index in [9.17, 15) is 53.1 Å². The van der Waals surface area contributed by atoms with Crippen LogP contribution in [-0.2, 0) is 52.7 Å². The van der Waals surface area contributed by atoms with E-state index < -0.39 is 132 Å². The topological polar surface area (TPSA) is 310 Å². The van der Waals surface area contributed by atoms with E-state index in [1.807, 2.05) is 27.7 Å². The molecule has 8 amide bonds. The van der Waals surface area contributed by atoms with Gasteiger partial charge in [-0.25, -0.2) is 4.79 Å². The molecule has 20 heteroatoms. The lowest BCUT2D eigenvalue weighted by molar-refractivity contribution is -0.156. The van der Waals surface area contributed by atoms with Crippen molar-refractivity contribution in [3.8, 4) is 0 Å². The van der Waals surface area contributed by atoms with Crippen LogP contribution in [0.3, 0.4) is 0 Å². The number of carboxylic acids is 1. The maximum absolute atomic E-state index is 14.2. The van der Waals surface area contributed by atoms with E-state index in [4.69, 9.17) is 10.5 Å². The molecule has 0 radical (unpaired) electrons. The van der Waals surface area contributed by atoms with Gasteiger partial charge in [-0.15, -0.1) is 0 Å². The monoisotopic (exact) mass is 1010 g/mol. The molecule has 1 aliphatic heterocycles. The Balaban J connectivity index is 4.00. The number of nitrogens with two attached hydrogens (primary N) is 1. The zero-order chi connectivity index (χ0) is 54.0. The number of cyclic esters (lactones) is 1. The molecule has 0 bridgehead atoms. The number of ether oxygens (including phenoxy) is 1. The number of amides is 8. The summed E-state index contributed by atoms with van der Waals surface area (Å²) >= 11 is 0. The highest BCUT2D eigenvalue weighted by molar-refractivity contribution is 5.98. The molecule has 1 heterocycles. The third-order valence-electron chi connectivity index (χ3n) is 12.5. The van der Waals surface area contributed by atoms with Crippen LogP contribution in [0.2, 0.25) is 0 Å². The van der Waals surface area contributed by atoms with Gasteiger partial charge in [0.1, 0.15) is 48.4 Å². The summed E-state index contributed by atoms with van der Waals surface area (Å²) in [4.78, 5) is 137. The predicted octanol–water partition coefficient (Wildman–Crippen LogP) is 3.81. The molecular weight excluding hydrogens is 917 g/mol. The van der Waals surface area contributed by atoms with Crippen molar-refractivity contribution in [1.29, 1.82) is 0 Å². The highest BCUT2D eigenvalue weighted by Gasteiger charge is 2.38. The second-order valence-electron chi connectivity index (χ2n) is 21.0. The van der Waals surface area contributed by atoms with Gasteiger partial charge < -0.3 is 52.8 Å². The lowest BCUT2D eigenvalue weighted by Crippen LogP contribution is -2.61. The van der Waals surface area contributed by atoms with Gasteiger partial charge in [0.05, 0.1) is 12.8 Å². The average Bonchev–Trinajstić information content (AvgIpc) is 3.26. The number of aliphatic carboxylic acids is 1. The number of unbranched alkanes of at least 4 members (excludes halogenated alkanes) is 7. The summed E-state index contributed by atoms with van der Waals surface area (Å²) in [5, 5.41) is 28.4. The van der Waals surface area contributed by atoms with Gasteiger partial charge in [-0.05, 0) is 68.1 Å². The van der Waals surface area contributed by atoms with Crippen molar-refractivity contribution in [2.75, 3.05) is 0 Å². The van der Waals surface area contributed by atoms with Crippen molar-refractivity contribution in [3.63, 3.8) is 0 Å². The third-order valence-corrected chi connectivity index (χ3v) is 12.5. The molecule has 0 aliphatic carbocycles. The number of nitrogens with one attached hydrogen (secondary N) is 7. The van der Waals surface area contributed by atoms with Crippen molar-refractivity contribution in [1.82, 2.24) is 37.2 Å². The SMILES string of the molecule is CCCCCCCCCCC1CC(=O)N[C@@H](CCC(N)=O)C(=O)NC(CC(C)C)C(=O)N[C@H](CC(C)C)C(=O)N[C@@H](C(C)C)C(=O)NC(CC(=O)O)C(=O)N[C@H](CC(C)C)C(=O)NC([C@@H](C)CC)C(=O)O1. The Bertz CT molecular complexity index is 1760. The van der Waals surface area contributed by atoms with Crippen LogP contribution in [0.4, 0.5) is 0 Å². The van der Waals surface area contributed by atoms with Crippen LogP contribution in [0.5, 0.6) is 0 Å². The molecule has 406 valence electrons. The molecule has 9 atom stereocenters. The largest absolute Gasteiger partial charge is 0.481 e. The summed E-state index contributed by atoms with van der Waals surface area (Å²) in [6.07, 6.45) is 5.83. The van der Waals surface area contributed by atoms with Crippen LogP contribution in [0, 0.1) is 29.6 Å². The van der Waals surface area contributed by atoms with Crippen LogP contribution in [0.25, 0.3) is 0 Å². The lowest BCUT2D eigenvalue weighted by atomic mass is 9.97. The van der Waals surface area contributed by atoms with E-state index in [-0.39, 0.29) is 56.3 Å². The Kier molecular flexibility index (Phi) is 29.9. The van der Waals surface area contributed by atoms with Crippen molar-refractivity contribution in [3.05, 3.63) is 0 Å². The summed E-state index contributed by atoms with van der Waals surface area (Å²) in [5.74, 6) is -10.4. The number of primary amides is 1. The minimum absolute atomic E-state index is 0.0466. The number of esters is 1. The highest BCUT2D eigenvalue weighted by atomic mass is 16.5. The smallest absolute Gasteiger partial charge is 0.329 e. The summed E-state index contributed by atoms with van der Waals surface area (Å²) < 4.78 is 6.06. The third kappa shape index (κ3) is 25.6. The van der Waals surface area contributed by atoms with E-state index in [1.54, 1.807) is 41.5 Å². The average molecular weight is 1010 g/mol. The molecule has 1 aliphatic rings. The predicted molar refractivity (Wildman–Crippen MR) is 269 cm³/mol. The first-order valence-corrected chi connectivity index (χ1v) is 26.1. The molecule has 1 saturated heterocycles. The van der Waals surface area contributed by atoms with Gasteiger partial charge in [-0.3, -0.25) is 43.2 Å². The van der Waals surface area contributed by atoms with Gasteiger partial charge in [-0.1, -0.05) is 128 Å². The molecule has 0 aromatic carbocycles. The number of rotatable bonds is 23. The molecule has 71 heavy (non-hydrogen) atoms. The second-order valence-corrected chi connectivity index (χ2v) is 21.0. The van der Waals surface area contributed by atoms with Crippen LogP contribution in [0.1, 0.15) is 185 Å². The number of carboxylic acid groups (broad SMARTS) is 1. The summed E-state index contributed by atoms with van der Waals surface area (Å²) in [6, 6.07) is -9.48. The fraction of sp³-hybridized carbons (Fsp3) is 0.804. The minimum atomic E-state index is -1.72. The first-order chi connectivity index (χ1) is 33.3. The molecule has 0 aromatic heterocycles. The van der Waals surface area contributed by atoms with Gasteiger partial charge in [0.2, 0.25) is 47.3 Å². The van der Waals surface area contributed by atoms with E-state index in [0.717, 1.165) is 44.9 Å². The van der Waals surface area contributed by atoms with Crippen molar-refractivity contribution in [2.24, 2.45) is 35.3 Å². The maximum atomic E-state index is 14.2. The molecular formula is C51H90N8O12. The Labute approximate surface area is 422 Å². The Morgan fingerprint density at radius 2 is 0.972 bits per heavy atom. The quantitative estimate of drug-likeness (QED) is 0.0522. The molecule has 0 spiro atoms. The first-order valence-electron chi connectivity index (χ1n) is 26.1. The molecule has 0 saturated carbocycles. The normalized spacial score (nSPS) is 24.7. The van der Waals surface area contributed by atoms with E-state index in [1.165, 1.54) is 0 Å². The maximum Gasteiger partial charge on any atom is 0.329 e. The first kappa shape index (κ1) is 63.7. The molecule has 1 fully saturated rings. The molecule has 10 N–H and O–H groups in total. The number of carbonyl (C=O) groups is 10. The van der Waals surface area contributed by atoms with Gasteiger partial charge in [0, 0.05) is 6.42 Å². The van der Waals surface area contributed by atoms with E-state index >= 15 is 0 Å². The van der Waals surface area contributed by atoms with E-state index in [0.29, 0.717) is 12.8 Å². The minimum Gasteiger partial charge on any atom is -0.481 e. The number of hydrogen-bond donors (Lipinski definition) is 9. The van der Waals surface area contributed by atoms with Gasteiger partial charge in [0.25, 0.3) is 0 Å². The van der Waals surface area contributed by atoms with Crippen molar-refractivity contribution >= 4 is 59.2 Å². The fourth-order valence-corrected chi connectivity index (χ4v) is 8.24. The Morgan fingerprint density at radius 1 is 0.549 bits per heavy atom. The highest BCUT2D eigenvalue weighted by Crippen LogP contribution is 2.19. The summed E-state index contributed by atoms with van der Waals surface area (Å²) in [5.41, 5.74) is 5.48. The number of carbonyl (C=O) groups excluding carboxylic acids is 9. The fourth-order valence-electron chi connectivity index (χ4n) is 8.24. The van der Waals surface area contributed by atoms with Crippen molar-refractivity contribution in [2.45, 2.75) is 234 Å². The van der Waals surface area contributed by atoms with Crippen LogP contribution >= 0.6 is 0 Å². The number of hydrogen-bond acceptors (Lipinski definition) is 11. The van der Waals surface area contributed by atoms with E-state index in [2.05, 4.69) is 44.1 Å². The van der Waals surface area contributed by atoms with Crippen LogP contribution in [0.15, 0.2) is 0 Å². The Morgan fingerprint density at radius 3 is 1.41 bits per heavy atom. The molecule has 1 rings (SSSR count). The van der Waals surface area contributed by atoms with Gasteiger partial charge >= 0.3 is 11.9 Å². The summed E-state index contributed by atoms with van der Waals surface area (Å²) in [6.45, 7) is 19.8. The summed E-state index contributed by atoms with van der Waals surface area (Å²) in [7, 11) is 0. The Hall–Kier alpha value is -5.30. The standard InChI is InChI=1S/C51H90N8O12/c1-12-14-15-16-17-18-19-20-21-34-27-41(61)53-35(22-23-40(52)60)45(64)54-36(24-29(3)4)46(65)55-37(25-30(5)6)48(67)58-43(32(9)10)50(69)57-39(28-42(62)63)47(66)56-38(26-31(7)8)49(68)59-44(33(11)13-2)51(70)71-34/h29-39,43-44H,12-28H2,1-11H3,(H2,52,60)(H,53,61)(H,54,64)(H,55,65)(H,56,66)(H,57,69)(H,58,67)(H,59,68)(H,62,63)/t33-,34?,35-,36?,37+,38+,39?,43-,44?/m0/s1. The van der Waals surface area contributed by atoms with Crippen LogP contribution in [-0.4, -0.2) is 113 Å². The van der Waals surface area contributed by atoms with Gasteiger partial charge in [0.15, 0.2) is 0 Å².